The van der Waals surface area contributed by atoms with Gasteiger partial charge in [-0.1, -0.05) is 12.1 Å². The molecule has 0 saturated carbocycles. The second kappa shape index (κ2) is 6.87. The van der Waals surface area contributed by atoms with E-state index < -0.39 is 35.4 Å². The van der Waals surface area contributed by atoms with E-state index in [1.54, 1.807) is 0 Å². The Morgan fingerprint density at radius 3 is 2.23 bits per heavy atom. The number of hydrogen-bond acceptors (Lipinski definition) is 4. The minimum absolute atomic E-state index is 0.175. The molecule has 22 heavy (non-hydrogen) atoms. The highest BCUT2D eigenvalue weighted by Crippen LogP contribution is 2.17. The molecule has 1 aromatic rings. The van der Waals surface area contributed by atoms with Crippen LogP contribution in [-0.4, -0.2) is 34.6 Å². The van der Waals surface area contributed by atoms with Crippen molar-refractivity contribution in [2.75, 3.05) is 6.54 Å². The lowest BCUT2D eigenvalue weighted by Gasteiger charge is -2.14. The van der Waals surface area contributed by atoms with Crippen molar-refractivity contribution in [3.8, 4) is 0 Å². The van der Waals surface area contributed by atoms with Gasteiger partial charge < -0.3 is 10.4 Å². The summed E-state index contributed by atoms with van der Waals surface area (Å²) in [6.07, 6.45) is -5.26. The van der Waals surface area contributed by atoms with E-state index >= 15 is 0 Å². The summed E-state index contributed by atoms with van der Waals surface area (Å²) < 4.78 is 36.1. The van der Waals surface area contributed by atoms with E-state index in [1.807, 2.05) is 0 Å². The zero-order valence-corrected chi connectivity index (χ0v) is 11.0. The quantitative estimate of drug-likeness (QED) is 0.610. The van der Waals surface area contributed by atoms with Gasteiger partial charge in [0.15, 0.2) is 0 Å². The molecule has 0 aliphatic rings. The molecule has 2 N–H and O–H groups in total. The van der Waals surface area contributed by atoms with Crippen LogP contribution in [0.5, 0.6) is 0 Å². The molecule has 10 heteroatoms. The third-order valence-corrected chi connectivity index (χ3v) is 2.74. The van der Waals surface area contributed by atoms with E-state index in [9.17, 15) is 32.9 Å². The molecule has 0 heterocycles. The van der Waals surface area contributed by atoms with Crippen molar-refractivity contribution in [1.82, 2.24) is 5.32 Å². The molecule has 1 amide bonds. The van der Waals surface area contributed by atoms with Gasteiger partial charge in [-0.05, 0) is 12.0 Å². The molecule has 0 spiro atoms. The number of halogens is 3. The fourth-order valence-corrected chi connectivity index (χ4v) is 1.60. The van der Waals surface area contributed by atoms with Crippen LogP contribution in [0.25, 0.3) is 0 Å². The summed E-state index contributed by atoms with van der Waals surface area (Å²) in [5.41, 5.74) is 0.195. The van der Waals surface area contributed by atoms with Gasteiger partial charge in [-0.3, -0.25) is 19.7 Å². The van der Waals surface area contributed by atoms with E-state index in [1.165, 1.54) is 17.4 Å². The zero-order valence-electron chi connectivity index (χ0n) is 11.0. The monoisotopic (exact) mass is 320 g/mol. The van der Waals surface area contributed by atoms with Gasteiger partial charge in [-0.25, -0.2) is 0 Å². The molecule has 1 aromatic carbocycles. The van der Waals surface area contributed by atoms with E-state index in [0.29, 0.717) is 5.56 Å². The van der Waals surface area contributed by atoms with E-state index in [-0.39, 0.29) is 12.1 Å². The van der Waals surface area contributed by atoms with Crippen LogP contribution in [-0.2, 0) is 16.0 Å². The lowest BCUT2D eigenvalue weighted by Crippen LogP contribution is -2.41. The number of nitrogens with zero attached hydrogens (tertiary/aromatic N) is 1. The molecular weight excluding hydrogens is 309 g/mol. The van der Waals surface area contributed by atoms with Crippen LogP contribution in [0.4, 0.5) is 18.9 Å². The topological polar surface area (TPSA) is 110 Å². The summed E-state index contributed by atoms with van der Waals surface area (Å²) >= 11 is 0. The maximum Gasteiger partial charge on any atom is 0.471 e. The highest BCUT2D eigenvalue weighted by atomic mass is 19.4. The van der Waals surface area contributed by atoms with Gasteiger partial charge in [0.2, 0.25) is 0 Å². The minimum atomic E-state index is -5.09. The van der Waals surface area contributed by atoms with Crippen LogP contribution in [0.2, 0.25) is 0 Å². The third kappa shape index (κ3) is 5.04. The molecular formula is C12H11F3N2O5. The van der Waals surface area contributed by atoms with Crippen molar-refractivity contribution >= 4 is 17.6 Å². The van der Waals surface area contributed by atoms with Gasteiger partial charge in [-0.15, -0.1) is 0 Å². The Morgan fingerprint density at radius 2 is 1.82 bits per heavy atom. The number of nitro benzene ring substituents is 1. The minimum Gasteiger partial charge on any atom is -0.481 e. The average Bonchev–Trinajstić information content (AvgIpc) is 2.42. The number of carbonyl (C=O) groups is 2. The standard InChI is InChI=1S/C12H11F3N2O5/c13-12(14,15)11(20)16-6-8(10(18)19)5-7-1-3-9(4-2-7)17(21)22/h1-4,8H,5-6H2,(H,16,20)(H,18,19). The van der Waals surface area contributed by atoms with Crippen molar-refractivity contribution in [1.29, 1.82) is 0 Å². The average molecular weight is 320 g/mol. The van der Waals surface area contributed by atoms with Gasteiger partial charge in [0.25, 0.3) is 5.69 Å². The second-order valence-electron chi connectivity index (χ2n) is 4.37. The molecule has 0 aliphatic carbocycles. The normalized spacial score (nSPS) is 12.5. The van der Waals surface area contributed by atoms with Gasteiger partial charge in [-0.2, -0.15) is 13.2 Å². The van der Waals surface area contributed by atoms with Crippen LogP contribution < -0.4 is 5.32 Å². The number of nitro groups is 1. The Bertz CT molecular complexity index is 571. The van der Waals surface area contributed by atoms with Gasteiger partial charge in [0, 0.05) is 18.7 Å². The smallest absolute Gasteiger partial charge is 0.471 e. The Morgan fingerprint density at radius 1 is 1.27 bits per heavy atom. The molecule has 1 atom stereocenters. The SMILES string of the molecule is O=C(O)C(CNC(=O)C(F)(F)F)Cc1ccc([N+](=O)[O-])cc1. The Hall–Kier alpha value is -2.65. The summed E-state index contributed by atoms with van der Waals surface area (Å²) in [6, 6.07) is 4.92. The van der Waals surface area contributed by atoms with Gasteiger partial charge >= 0.3 is 18.1 Å². The maximum absolute atomic E-state index is 12.0. The van der Waals surface area contributed by atoms with E-state index in [2.05, 4.69) is 0 Å². The number of rotatable bonds is 6. The number of carbonyl (C=O) groups excluding carboxylic acids is 1. The molecule has 0 radical (unpaired) electrons. The highest BCUT2D eigenvalue weighted by Gasteiger charge is 2.39. The first-order valence-corrected chi connectivity index (χ1v) is 5.92. The highest BCUT2D eigenvalue weighted by molar-refractivity contribution is 5.82. The van der Waals surface area contributed by atoms with Crippen LogP contribution >= 0.6 is 0 Å². The molecule has 0 bridgehead atoms. The first-order chi connectivity index (χ1) is 10.1. The number of carboxylic acids is 1. The Kier molecular flexibility index (Phi) is 5.44. The van der Waals surface area contributed by atoms with E-state index in [0.717, 1.165) is 12.1 Å². The molecule has 7 nitrogen and oxygen atoms in total. The summed E-state index contributed by atoms with van der Waals surface area (Å²) in [4.78, 5) is 31.5. The number of nitrogens with one attached hydrogen (secondary N) is 1. The molecule has 1 rings (SSSR count). The predicted molar refractivity (Wildman–Crippen MR) is 67.0 cm³/mol. The van der Waals surface area contributed by atoms with Crippen molar-refractivity contribution in [3.63, 3.8) is 0 Å². The summed E-state index contributed by atoms with van der Waals surface area (Å²) in [7, 11) is 0. The van der Waals surface area contributed by atoms with Crippen molar-refractivity contribution in [2.24, 2.45) is 5.92 Å². The predicted octanol–water partition coefficient (Wildman–Crippen LogP) is 1.52. The number of alkyl halides is 3. The molecule has 0 saturated heterocycles. The lowest BCUT2D eigenvalue weighted by molar-refractivity contribution is -0.384. The zero-order chi connectivity index (χ0) is 16.9. The fourth-order valence-electron chi connectivity index (χ4n) is 1.60. The number of carboxylic acid groups (broad SMARTS) is 1. The fraction of sp³-hybridized carbons (Fsp3) is 0.333. The van der Waals surface area contributed by atoms with Crippen molar-refractivity contribution in [3.05, 3.63) is 39.9 Å². The number of hydrogen-bond donors (Lipinski definition) is 2. The number of benzene rings is 1. The molecule has 0 aromatic heterocycles. The summed E-state index contributed by atoms with van der Waals surface area (Å²) in [6.45, 7) is -0.704. The Labute approximate surface area is 121 Å². The van der Waals surface area contributed by atoms with Crippen LogP contribution in [0, 0.1) is 16.0 Å². The van der Waals surface area contributed by atoms with E-state index in [4.69, 9.17) is 5.11 Å². The second-order valence-corrected chi connectivity index (χ2v) is 4.37. The van der Waals surface area contributed by atoms with Crippen LogP contribution in [0.1, 0.15) is 5.56 Å². The largest absolute Gasteiger partial charge is 0.481 e. The summed E-state index contributed by atoms with van der Waals surface area (Å²) in [5.74, 6) is -4.89. The number of non-ortho nitro benzene ring substituents is 1. The maximum atomic E-state index is 12.0. The van der Waals surface area contributed by atoms with Crippen molar-refractivity contribution < 1.29 is 32.8 Å². The first-order valence-electron chi connectivity index (χ1n) is 5.92. The first kappa shape index (κ1) is 17.4. The van der Waals surface area contributed by atoms with Gasteiger partial charge in [0.1, 0.15) is 0 Å². The third-order valence-electron chi connectivity index (χ3n) is 2.74. The summed E-state index contributed by atoms with van der Waals surface area (Å²) in [5, 5.41) is 20.9. The Balaban J connectivity index is 2.70. The molecule has 120 valence electrons. The van der Waals surface area contributed by atoms with Crippen molar-refractivity contribution in [2.45, 2.75) is 12.6 Å². The number of amides is 1. The number of aliphatic carboxylic acids is 1. The van der Waals surface area contributed by atoms with Crippen LogP contribution in [0.3, 0.4) is 0 Å². The van der Waals surface area contributed by atoms with Crippen LogP contribution in [0.15, 0.2) is 24.3 Å². The molecule has 1 unspecified atom stereocenters. The molecule has 0 aliphatic heterocycles. The molecule has 0 fully saturated rings. The lowest BCUT2D eigenvalue weighted by atomic mass is 9.99. The van der Waals surface area contributed by atoms with Gasteiger partial charge in [0.05, 0.1) is 10.8 Å².